The Morgan fingerprint density at radius 3 is 2.24 bits per heavy atom. The highest BCUT2D eigenvalue weighted by atomic mass is 16.4. The molecule has 0 spiro atoms. The summed E-state index contributed by atoms with van der Waals surface area (Å²) in [5.41, 5.74) is -0.0102. The van der Waals surface area contributed by atoms with Crippen molar-refractivity contribution in [2.75, 3.05) is 13.1 Å². The minimum atomic E-state index is -0.851. The normalized spacial score (nSPS) is 17.8. The fourth-order valence-electron chi connectivity index (χ4n) is 3.00. The topological polar surface area (TPSA) is 57.6 Å². The van der Waals surface area contributed by atoms with Crippen LogP contribution in [0.2, 0.25) is 0 Å². The van der Waals surface area contributed by atoms with Gasteiger partial charge in [0.15, 0.2) is 0 Å². The van der Waals surface area contributed by atoms with Gasteiger partial charge in [-0.2, -0.15) is 0 Å². The van der Waals surface area contributed by atoms with E-state index >= 15 is 0 Å². The largest absolute Gasteiger partial charge is 0.481 e. The van der Waals surface area contributed by atoms with Crippen molar-refractivity contribution < 1.29 is 14.7 Å². The monoisotopic (exact) mass is 289 g/mol. The minimum Gasteiger partial charge on any atom is -0.481 e. The Morgan fingerprint density at radius 2 is 1.76 bits per heavy atom. The number of carbonyl (C=O) groups is 2. The lowest BCUT2D eigenvalue weighted by molar-refractivity contribution is -0.148. The highest BCUT2D eigenvalue weighted by Gasteiger charge is 2.43. The molecule has 1 fully saturated rings. The smallest absolute Gasteiger partial charge is 0.314 e. The minimum absolute atomic E-state index is 0.136. The predicted octanol–water partition coefficient (Wildman–Crippen LogP) is 2.68. The van der Waals surface area contributed by atoms with Crippen LogP contribution in [-0.4, -0.2) is 35.0 Å². The number of likely N-dealkylation sites (tertiary alicyclic amines) is 1. The van der Waals surface area contributed by atoms with E-state index < -0.39 is 11.4 Å². The molecule has 1 aromatic rings. The van der Waals surface area contributed by atoms with E-state index in [4.69, 9.17) is 0 Å². The number of piperidine rings is 1. The van der Waals surface area contributed by atoms with Crippen molar-refractivity contribution in [2.45, 2.75) is 38.5 Å². The molecule has 1 aliphatic rings. The van der Waals surface area contributed by atoms with Crippen molar-refractivity contribution in [3.63, 3.8) is 0 Å². The molecule has 1 aliphatic heterocycles. The molecule has 1 N–H and O–H groups in total. The van der Waals surface area contributed by atoms with Crippen LogP contribution in [0.4, 0.5) is 0 Å². The first-order chi connectivity index (χ1) is 9.95. The standard InChI is InChI=1S/C17H23NO3/c1-13(2)12-15(19)18-10-8-17(9-11-18,16(20)21)14-6-4-3-5-7-14/h3-7,13H,8-12H2,1-2H3,(H,20,21). The van der Waals surface area contributed by atoms with Crippen LogP contribution in [0.5, 0.6) is 0 Å². The highest BCUT2D eigenvalue weighted by molar-refractivity contribution is 5.82. The van der Waals surface area contributed by atoms with Crippen LogP contribution in [-0.2, 0) is 15.0 Å². The Bertz CT molecular complexity index is 502. The van der Waals surface area contributed by atoms with Crippen molar-refractivity contribution in [1.29, 1.82) is 0 Å². The van der Waals surface area contributed by atoms with E-state index in [1.807, 2.05) is 49.1 Å². The van der Waals surface area contributed by atoms with Gasteiger partial charge in [0.2, 0.25) is 5.91 Å². The lowest BCUT2D eigenvalue weighted by Crippen LogP contribution is -2.49. The first-order valence-corrected chi connectivity index (χ1v) is 7.52. The number of hydrogen-bond acceptors (Lipinski definition) is 2. The summed E-state index contributed by atoms with van der Waals surface area (Å²) in [5.74, 6) is -0.320. The number of carbonyl (C=O) groups excluding carboxylic acids is 1. The summed E-state index contributed by atoms with van der Waals surface area (Å²) < 4.78 is 0. The van der Waals surface area contributed by atoms with Gasteiger partial charge in [0.1, 0.15) is 0 Å². The molecule has 0 saturated carbocycles. The first kappa shape index (κ1) is 15.5. The molecule has 4 heteroatoms. The van der Waals surface area contributed by atoms with Crippen molar-refractivity contribution in [2.24, 2.45) is 5.92 Å². The van der Waals surface area contributed by atoms with Gasteiger partial charge in [-0.3, -0.25) is 9.59 Å². The maximum absolute atomic E-state index is 12.1. The average molecular weight is 289 g/mol. The lowest BCUT2D eigenvalue weighted by Gasteiger charge is -2.39. The average Bonchev–Trinajstić information content (AvgIpc) is 2.47. The molecule has 0 unspecified atom stereocenters. The summed E-state index contributed by atoms with van der Waals surface area (Å²) in [5, 5.41) is 9.71. The lowest BCUT2D eigenvalue weighted by atomic mass is 9.73. The maximum Gasteiger partial charge on any atom is 0.314 e. The van der Waals surface area contributed by atoms with E-state index in [0.717, 1.165) is 5.56 Å². The number of rotatable bonds is 4. The predicted molar refractivity (Wildman–Crippen MR) is 81.0 cm³/mol. The summed E-state index contributed by atoms with van der Waals surface area (Å²) in [6.45, 7) is 5.08. The van der Waals surface area contributed by atoms with Crippen molar-refractivity contribution >= 4 is 11.9 Å². The third-order valence-corrected chi connectivity index (χ3v) is 4.29. The number of amides is 1. The third-order valence-electron chi connectivity index (χ3n) is 4.29. The van der Waals surface area contributed by atoms with Crippen molar-refractivity contribution in [1.82, 2.24) is 4.90 Å². The summed E-state index contributed by atoms with van der Waals surface area (Å²) in [4.78, 5) is 25.7. The summed E-state index contributed by atoms with van der Waals surface area (Å²) >= 11 is 0. The van der Waals surface area contributed by atoms with Crippen LogP contribution < -0.4 is 0 Å². The SMILES string of the molecule is CC(C)CC(=O)N1CCC(C(=O)O)(c2ccccc2)CC1. The summed E-state index contributed by atoms with van der Waals surface area (Å²) in [6, 6.07) is 9.38. The van der Waals surface area contributed by atoms with Crippen molar-refractivity contribution in [3.05, 3.63) is 35.9 Å². The van der Waals surface area contributed by atoms with Gasteiger partial charge in [0.25, 0.3) is 0 Å². The Morgan fingerprint density at radius 1 is 1.19 bits per heavy atom. The highest BCUT2D eigenvalue weighted by Crippen LogP contribution is 2.36. The fraction of sp³-hybridized carbons (Fsp3) is 0.529. The zero-order chi connectivity index (χ0) is 15.5. The molecular formula is C17H23NO3. The second-order valence-electron chi connectivity index (χ2n) is 6.23. The number of hydrogen-bond donors (Lipinski definition) is 1. The molecule has 114 valence electrons. The van der Waals surface area contributed by atoms with Gasteiger partial charge < -0.3 is 10.0 Å². The van der Waals surface area contributed by atoms with E-state index in [1.165, 1.54) is 0 Å². The molecule has 0 aliphatic carbocycles. The zero-order valence-corrected chi connectivity index (χ0v) is 12.7. The molecule has 0 bridgehead atoms. The van der Waals surface area contributed by atoms with E-state index in [-0.39, 0.29) is 5.91 Å². The number of carboxylic acids is 1. The quantitative estimate of drug-likeness (QED) is 0.927. The molecule has 1 aromatic carbocycles. The van der Waals surface area contributed by atoms with Gasteiger partial charge in [0, 0.05) is 19.5 Å². The molecule has 0 radical (unpaired) electrons. The second-order valence-corrected chi connectivity index (χ2v) is 6.23. The van der Waals surface area contributed by atoms with E-state index in [1.54, 1.807) is 0 Å². The Kier molecular flexibility index (Phi) is 4.66. The number of nitrogens with zero attached hydrogens (tertiary/aromatic N) is 1. The Balaban J connectivity index is 2.12. The van der Waals surface area contributed by atoms with Gasteiger partial charge in [0.05, 0.1) is 5.41 Å². The van der Waals surface area contributed by atoms with E-state index in [2.05, 4.69) is 0 Å². The molecule has 4 nitrogen and oxygen atoms in total. The van der Waals surface area contributed by atoms with Gasteiger partial charge in [-0.15, -0.1) is 0 Å². The van der Waals surface area contributed by atoms with Crippen molar-refractivity contribution in [3.8, 4) is 0 Å². The molecule has 0 aromatic heterocycles. The van der Waals surface area contributed by atoms with Crippen LogP contribution in [0.15, 0.2) is 30.3 Å². The van der Waals surface area contributed by atoms with Crippen LogP contribution >= 0.6 is 0 Å². The Labute approximate surface area is 125 Å². The summed E-state index contributed by atoms with van der Waals surface area (Å²) in [7, 11) is 0. The van der Waals surface area contributed by atoms with E-state index in [9.17, 15) is 14.7 Å². The number of aliphatic carboxylic acids is 1. The molecule has 1 amide bonds. The molecule has 0 atom stereocenters. The fourth-order valence-corrected chi connectivity index (χ4v) is 3.00. The van der Waals surface area contributed by atoms with Crippen LogP contribution in [0.1, 0.15) is 38.7 Å². The first-order valence-electron chi connectivity index (χ1n) is 7.52. The van der Waals surface area contributed by atoms with Gasteiger partial charge in [-0.25, -0.2) is 0 Å². The van der Waals surface area contributed by atoms with Crippen LogP contribution in [0.3, 0.4) is 0 Å². The van der Waals surface area contributed by atoms with Gasteiger partial charge in [-0.05, 0) is 24.3 Å². The Hall–Kier alpha value is -1.84. The van der Waals surface area contributed by atoms with Crippen LogP contribution in [0, 0.1) is 5.92 Å². The molecule has 21 heavy (non-hydrogen) atoms. The van der Waals surface area contributed by atoms with Gasteiger partial charge >= 0.3 is 5.97 Å². The van der Waals surface area contributed by atoms with Gasteiger partial charge in [-0.1, -0.05) is 44.2 Å². The maximum atomic E-state index is 12.1. The number of carboxylic acid groups (broad SMARTS) is 1. The third kappa shape index (κ3) is 3.26. The van der Waals surface area contributed by atoms with E-state index in [0.29, 0.717) is 38.3 Å². The number of benzene rings is 1. The molecule has 1 heterocycles. The summed E-state index contributed by atoms with van der Waals surface area (Å²) in [6.07, 6.45) is 1.50. The zero-order valence-electron chi connectivity index (χ0n) is 12.7. The molecule has 2 rings (SSSR count). The second kappa shape index (κ2) is 6.29. The molecular weight excluding hydrogens is 266 g/mol. The van der Waals surface area contributed by atoms with Crippen LogP contribution in [0.25, 0.3) is 0 Å². The molecule has 1 saturated heterocycles.